The van der Waals surface area contributed by atoms with Gasteiger partial charge < -0.3 is 4.74 Å². The van der Waals surface area contributed by atoms with Gasteiger partial charge in [0, 0.05) is 6.20 Å². The summed E-state index contributed by atoms with van der Waals surface area (Å²) in [5.41, 5.74) is 2.27. The number of para-hydroxylation sites is 1. The molecule has 0 fully saturated rings. The first-order chi connectivity index (χ1) is 9.33. The third-order valence-electron chi connectivity index (χ3n) is 3.01. The van der Waals surface area contributed by atoms with E-state index in [0.29, 0.717) is 12.3 Å². The van der Waals surface area contributed by atoms with Crippen molar-refractivity contribution in [1.29, 1.82) is 0 Å². The van der Waals surface area contributed by atoms with Gasteiger partial charge in [-0.3, -0.25) is 4.90 Å². The molecule has 0 bridgehead atoms. The number of carbonyl (C=O) groups excluding carboxylic acids is 1. The highest BCUT2D eigenvalue weighted by Crippen LogP contribution is 2.20. The minimum atomic E-state index is -0.364. The Kier molecular flexibility index (Phi) is 3.02. The molecule has 0 unspecified atom stereocenters. The molecule has 1 amide bonds. The lowest BCUT2D eigenvalue weighted by Crippen LogP contribution is -2.30. The van der Waals surface area contributed by atoms with Crippen LogP contribution in [0.5, 0.6) is 5.75 Å². The molecule has 1 aliphatic heterocycles. The van der Waals surface area contributed by atoms with Gasteiger partial charge in [0.05, 0.1) is 6.54 Å². The van der Waals surface area contributed by atoms with Crippen molar-refractivity contribution in [2.45, 2.75) is 6.54 Å². The van der Waals surface area contributed by atoms with E-state index in [4.69, 9.17) is 4.74 Å². The molecule has 1 aliphatic rings. The maximum Gasteiger partial charge on any atom is 0.419 e. The molecule has 2 aromatic rings. The largest absolute Gasteiger partial charge is 0.419 e. The van der Waals surface area contributed by atoms with Crippen molar-refractivity contribution in [1.82, 2.24) is 4.90 Å². The predicted octanol–water partition coefficient (Wildman–Crippen LogP) is 3.67. The van der Waals surface area contributed by atoms with Crippen molar-refractivity contribution in [3.8, 4) is 5.75 Å². The molecule has 0 saturated heterocycles. The topological polar surface area (TPSA) is 29.5 Å². The number of fused-ring (bicyclic) bond motifs is 1. The Morgan fingerprint density at radius 3 is 2.58 bits per heavy atom. The fraction of sp³-hybridized carbons (Fsp3) is 0.0625. The zero-order valence-corrected chi connectivity index (χ0v) is 10.3. The number of nitrogens with zero attached hydrogens (tertiary/aromatic N) is 1. The van der Waals surface area contributed by atoms with Gasteiger partial charge in [-0.15, -0.1) is 0 Å². The predicted molar refractivity (Wildman–Crippen MR) is 73.5 cm³/mol. The van der Waals surface area contributed by atoms with Gasteiger partial charge >= 0.3 is 6.09 Å². The highest BCUT2D eigenvalue weighted by molar-refractivity contribution is 5.74. The SMILES string of the molecule is O=C(Oc1ccccc1)N1C=Cc2ccccc2C1. The molecule has 0 spiro atoms. The molecular weight excluding hydrogens is 238 g/mol. The van der Waals surface area contributed by atoms with Gasteiger partial charge in [-0.05, 0) is 29.3 Å². The average molecular weight is 251 g/mol. The third-order valence-corrected chi connectivity index (χ3v) is 3.01. The number of ether oxygens (including phenoxy) is 1. The summed E-state index contributed by atoms with van der Waals surface area (Å²) in [5, 5.41) is 0. The highest BCUT2D eigenvalue weighted by Gasteiger charge is 2.17. The molecule has 0 aliphatic carbocycles. The van der Waals surface area contributed by atoms with Crippen LogP contribution in [0.2, 0.25) is 0 Å². The first kappa shape index (κ1) is 11.5. The van der Waals surface area contributed by atoms with Gasteiger partial charge in [-0.2, -0.15) is 0 Å². The fourth-order valence-electron chi connectivity index (χ4n) is 2.02. The Labute approximate surface area is 111 Å². The van der Waals surface area contributed by atoms with E-state index in [1.807, 2.05) is 48.5 Å². The summed E-state index contributed by atoms with van der Waals surface area (Å²) in [6.07, 6.45) is 3.32. The van der Waals surface area contributed by atoms with Crippen LogP contribution in [0, 0.1) is 0 Å². The number of amides is 1. The summed E-state index contributed by atoms with van der Waals surface area (Å²) in [4.78, 5) is 13.6. The third kappa shape index (κ3) is 2.50. The molecule has 0 radical (unpaired) electrons. The Bertz CT molecular complexity index is 620. The molecule has 1 heterocycles. The summed E-state index contributed by atoms with van der Waals surface area (Å²) in [5.74, 6) is 0.555. The summed E-state index contributed by atoms with van der Waals surface area (Å²) in [6, 6.07) is 17.1. The van der Waals surface area contributed by atoms with Crippen LogP contribution in [-0.4, -0.2) is 11.0 Å². The molecule has 0 atom stereocenters. The van der Waals surface area contributed by atoms with Crippen LogP contribution < -0.4 is 4.74 Å². The van der Waals surface area contributed by atoms with Gasteiger partial charge in [0.1, 0.15) is 5.75 Å². The Morgan fingerprint density at radius 2 is 1.74 bits per heavy atom. The van der Waals surface area contributed by atoms with Crippen LogP contribution in [0.3, 0.4) is 0 Å². The van der Waals surface area contributed by atoms with Crippen molar-refractivity contribution in [2.24, 2.45) is 0 Å². The number of rotatable bonds is 1. The molecule has 0 aromatic heterocycles. The average Bonchev–Trinajstić information content (AvgIpc) is 2.48. The number of hydrogen-bond donors (Lipinski definition) is 0. The van der Waals surface area contributed by atoms with Crippen LogP contribution in [0.1, 0.15) is 11.1 Å². The molecule has 94 valence electrons. The number of benzene rings is 2. The van der Waals surface area contributed by atoms with E-state index in [1.54, 1.807) is 23.2 Å². The quantitative estimate of drug-likeness (QED) is 0.773. The standard InChI is InChI=1S/C16H13NO2/c18-16(19-15-8-2-1-3-9-15)17-11-10-13-6-4-5-7-14(13)12-17/h1-11H,12H2. The molecule has 0 saturated carbocycles. The highest BCUT2D eigenvalue weighted by atomic mass is 16.6. The molecule has 3 rings (SSSR count). The molecule has 2 aromatic carbocycles. The summed E-state index contributed by atoms with van der Waals surface area (Å²) < 4.78 is 5.30. The molecule has 3 nitrogen and oxygen atoms in total. The van der Waals surface area contributed by atoms with Gasteiger partial charge in [-0.1, -0.05) is 42.5 Å². The Balaban J connectivity index is 1.73. The van der Waals surface area contributed by atoms with Crippen LogP contribution in [0.15, 0.2) is 60.8 Å². The van der Waals surface area contributed by atoms with Gasteiger partial charge in [0.15, 0.2) is 0 Å². The Hall–Kier alpha value is -2.55. The second-order valence-electron chi connectivity index (χ2n) is 4.32. The normalized spacial score (nSPS) is 12.9. The summed E-state index contributed by atoms with van der Waals surface area (Å²) in [6.45, 7) is 0.540. The van der Waals surface area contributed by atoms with Crippen molar-refractivity contribution in [3.63, 3.8) is 0 Å². The fourth-order valence-corrected chi connectivity index (χ4v) is 2.02. The summed E-state index contributed by atoms with van der Waals surface area (Å²) in [7, 11) is 0. The van der Waals surface area contributed by atoms with E-state index in [0.717, 1.165) is 11.1 Å². The van der Waals surface area contributed by atoms with Crippen molar-refractivity contribution in [2.75, 3.05) is 0 Å². The molecule has 19 heavy (non-hydrogen) atoms. The maximum atomic E-state index is 12.0. The van der Waals surface area contributed by atoms with Gasteiger partial charge in [0.2, 0.25) is 0 Å². The van der Waals surface area contributed by atoms with E-state index < -0.39 is 0 Å². The maximum absolute atomic E-state index is 12.0. The first-order valence-electron chi connectivity index (χ1n) is 6.12. The lowest BCUT2D eigenvalue weighted by molar-refractivity contribution is 0.167. The van der Waals surface area contributed by atoms with Crippen LogP contribution >= 0.6 is 0 Å². The van der Waals surface area contributed by atoms with Crippen LogP contribution in [0.25, 0.3) is 6.08 Å². The minimum absolute atomic E-state index is 0.364. The zero-order chi connectivity index (χ0) is 13.1. The molecular formula is C16H13NO2. The zero-order valence-electron chi connectivity index (χ0n) is 10.3. The van der Waals surface area contributed by atoms with Crippen molar-refractivity contribution < 1.29 is 9.53 Å². The number of carbonyl (C=O) groups is 1. The van der Waals surface area contributed by atoms with E-state index in [9.17, 15) is 4.79 Å². The van der Waals surface area contributed by atoms with E-state index in [2.05, 4.69) is 0 Å². The van der Waals surface area contributed by atoms with E-state index >= 15 is 0 Å². The molecule has 3 heteroatoms. The minimum Gasteiger partial charge on any atom is -0.410 e. The summed E-state index contributed by atoms with van der Waals surface area (Å²) >= 11 is 0. The van der Waals surface area contributed by atoms with Crippen LogP contribution in [0.4, 0.5) is 4.79 Å². The van der Waals surface area contributed by atoms with Crippen molar-refractivity contribution >= 4 is 12.2 Å². The van der Waals surface area contributed by atoms with Crippen LogP contribution in [-0.2, 0) is 6.54 Å². The van der Waals surface area contributed by atoms with E-state index in [1.165, 1.54) is 0 Å². The number of hydrogen-bond acceptors (Lipinski definition) is 2. The Morgan fingerprint density at radius 1 is 1.00 bits per heavy atom. The second kappa shape index (κ2) is 4.98. The van der Waals surface area contributed by atoms with Gasteiger partial charge in [-0.25, -0.2) is 4.79 Å². The smallest absolute Gasteiger partial charge is 0.410 e. The van der Waals surface area contributed by atoms with Crippen molar-refractivity contribution in [3.05, 3.63) is 71.9 Å². The lowest BCUT2D eigenvalue weighted by Gasteiger charge is -2.22. The van der Waals surface area contributed by atoms with E-state index in [-0.39, 0.29) is 6.09 Å². The monoisotopic (exact) mass is 251 g/mol. The first-order valence-corrected chi connectivity index (χ1v) is 6.12. The molecule has 0 N–H and O–H groups in total. The van der Waals surface area contributed by atoms with Gasteiger partial charge in [0.25, 0.3) is 0 Å². The second-order valence-corrected chi connectivity index (χ2v) is 4.32. The lowest BCUT2D eigenvalue weighted by atomic mass is 10.1.